The Balaban J connectivity index is 1.39. The zero-order valence-corrected chi connectivity index (χ0v) is 22.4. The van der Waals surface area contributed by atoms with Crippen LogP contribution in [0.1, 0.15) is 55.8 Å². The Morgan fingerprint density at radius 1 is 1.18 bits per heavy atom. The molecule has 5 nitrogen and oxygen atoms in total. The summed E-state index contributed by atoms with van der Waals surface area (Å²) >= 11 is 6.36. The molecule has 0 radical (unpaired) electrons. The van der Waals surface area contributed by atoms with Gasteiger partial charge in [0.15, 0.2) is 0 Å². The lowest BCUT2D eigenvalue weighted by atomic mass is 9.71. The zero-order valence-electron chi connectivity index (χ0n) is 21.7. The first kappa shape index (κ1) is 29.1. The maximum Gasteiger partial charge on any atom is 0.303 e. The second-order valence-electron chi connectivity index (χ2n) is 10.3. The Morgan fingerprint density at radius 2 is 1.87 bits per heavy atom. The Bertz CT molecular complexity index is 1310. The summed E-state index contributed by atoms with van der Waals surface area (Å²) in [5, 5.41) is 10.4. The highest BCUT2D eigenvalue weighted by atomic mass is 35.5. The van der Waals surface area contributed by atoms with Crippen LogP contribution < -0.4 is 4.74 Å². The first-order valence-corrected chi connectivity index (χ1v) is 13.3. The molecule has 1 aromatic heterocycles. The van der Waals surface area contributed by atoms with Crippen molar-refractivity contribution in [3.63, 3.8) is 0 Å². The maximum absolute atomic E-state index is 15.7. The van der Waals surface area contributed by atoms with Crippen LogP contribution in [0.25, 0.3) is 10.9 Å². The Kier molecular flexibility index (Phi) is 9.33. The molecule has 1 aliphatic rings. The van der Waals surface area contributed by atoms with E-state index in [0.717, 1.165) is 0 Å². The van der Waals surface area contributed by atoms with E-state index in [2.05, 4.69) is 9.88 Å². The van der Waals surface area contributed by atoms with Crippen molar-refractivity contribution in [3.8, 4) is 5.75 Å². The van der Waals surface area contributed by atoms with Gasteiger partial charge in [0.25, 0.3) is 0 Å². The molecule has 1 atom stereocenters. The quantitative estimate of drug-likeness (QED) is 0.247. The van der Waals surface area contributed by atoms with Crippen molar-refractivity contribution in [3.05, 3.63) is 70.1 Å². The summed E-state index contributed by atoms with van der Waals surface area (Å²) in [6.45, 7) is 1.75. The number of alkyl halides is 1. The standard InChI is InChI=1S/C29H31ClF4N2O3/c1-39-19-4-5-26-21(15-19)28(22(30)17-35-26)23(32)6-7-29(16-27(37)38)8-11-36(12-9-29)10-2-3-20-24(33)13-18(31)14-25(20)34/h4-5,13-15,17,23H,2-3,6-12,16H2,1H3,(H,37,38)/t23-/m0/s1. The fourth-order valence-electron chi connectivity index (χ4n) is 5.57. The molecule has 4 rings (SSSR count). The van der Waals surface area contributed by atoms with Crippen LogP contribution in [0.4, 0.5) is 17.6 Å². The van der Waals surface area contributed by atoms with E-state index in [4.69, 9.17) is 16.3 Å². The highest BCUT2D eigenvalue weighted by Gasteiger charge is 2.37. The van der Waals surface area contributed by atoms with Gasteiger partial charge in [-0.3, -0.25) is 9.78 Å². The number of nitrogens with zero attached hydrogens (tertiary/aromatic N) is 2. The van der Waals surface area contributed by atoms with Gasteiger partial charge in [0.2, 0.25) is 0 Å². The summed E-state index contributed by atoms with van der Waals surface area (Å²) in [7, 11) is 1.52. The third-order valence-corrected chi connectivity index (χ3v) is 8.06. The third-order valence-electron chi connectivity index (χ3n) is 7.76. The van der Waals surface area contributed by atoms with Gasteiger partial charge in [-0.25, -0.2) is 17.6 Å². The number of rotatable bonds is 11. The second-order valence-corrected chi connectivity index (χ2v) is 10.7. The van der Waals surface area contributed by atoms with Gasteiger partial charge in [0.05, 0.1) is 24.1 Å². The number of benzene rings is 2. The van der Waals surface area contributed by atoms with Crippen molar-refractivity contribution in [1.29, 1.82) is 0 Å². The van der Waals surface area contributed by atoms with Crippen LogP contribution in [-0.2, 0) is 11.2 Å². The Labute approximate surface area is 229 Å². The first-order chi connectivity index (χ1) is 18.6. The topological polar surface area (TPSA) is 62.7 Å². The van der Waals surface area contributed by atoms with E-state index in [-0.39, 0.29) is 29.8 Å². The molecule has 0 bridgehead atoms. The molecule has 210 valence electrons. The predicted molar refractivity (Wildman–Crippen MR) is 141 cm³/mol. The molecule has 1 aliphatic heterocycles. The minimum absolute atomic E-state index is 0.0712. The summed E-state index contributed by atoms with van der Waals surface area (Å²) in [5.41, 5.74) is 0.201. The monoisotopic (exact) mass is 566 g/mol. The minimum atomic E-state index is -1.42. The van der Waals surface area contributed by atoms with Crippen LogP contribution in [0, 0.1) is 22.9 Å². The molecule has 0 saturated carbocycles. The Hall–Kier alpha value is -2.91. The largest absolute Gasteiger partial charge is 0.497 e. The number of aliphatic carboxylic acids is 1. The lowest BCUT2D eigenvalue weighted by molar-refractivity contribution is -0.141. The molecule has 2 heterocycles. The number of likely N-dealkylation sites (tertiary alicyclic amines) is 1. The average Bonchev–Trinajstić information content (AvgIpc) is 2.89. The van der Waals surface area contributed by atoms with E-state index in [9.17, 15) is 23.1 Å². The fourth-order valence-corrected chi connectivity index (χ4v) is 5.84. The van der Waals surface area contributed by atoms with Crippen LogP contribution in [0.3, 0.4) is 0 Å². The molecular weight excluding hydrogens is 536 g/mol. The lowest BCUT2D eigenvalue weighted by Crippen LogP contribution is -2.41. The first-order valence-electron chi connectivity index (χ1n) is 12.9. The van der Waals surface area contributed by atoms with E-state index in [1.807, 2.05) is 0 Å². The van der Waals surface area contributed by atoms with Crippen molar-refractivity contribution < 1.29 is 32.2 Å². The summed E-state index contributed by atoms with van der Waals surface area (Å²) in [6.07, 6.45) is 2.12. The van der Waals surface area contributed by atoms with Gasteiger partial charge in [-0.1, -0.05) is 11.6 Å². The van der Waals surface area contributed by atoms with Crippen molar-refractivity contribution in [1.82, 2.24) is 9.88 Å². The van der Waals surface area contributed by atoms with Gasteiger partial charge in [-0.2, -0.15) is 0 Å². The van der Waals surface area contributed by atoms with Crippen molar-refractivity contribution >= 4 is 28.5 Å². The number of carboxylic acids is 1. The van der Waals surface area contributed by atoms with Crippen molar-refractivity contribution in [2.24, 2.45) is 5.41 Å². The number of hydrogen-bond acceptors (Lipinski definition) is 4. The third kappa shape index (κ3) is 7.00. The van der Waals surface area contributed by atoms with Crippen LogP contribution in [0.5, 0.6) is 5.75 Å². The average molecular weight is 567 g/mol. The van der Waals surface area contributed by atoms with Crippen LogP contribution in [0.15, 0.2) is 36.5 Å². The van der Waals surface area contributed by atoms with E-state index < -0.39 is 35.0 Å². The number of fused-ring (bicyclic) bond motifs is 1. The molecule has 0 aliphatic carbocycles. The number of carbonyl (C=O) groups is 1. The molecular formula is C29H31ClF4N2O3. The van der Waals surface area contributed by atoms with E-state index in [1.54, 1.807) is 18.2 Å². The van der Waals surface area contributed by atoms with Gasteiger partial charge in [0.1, 0.15) is 29.4 Å². The molecule has 1 N–H and O–H groups in total. The van der Waals surface area contributed by atoms with Crippen LogP contribution in [-0.4, -0.2) is 47.7 Å². The molecule has 10 heteroatoms. The molecule has 0 amide bonds. The number of hydrogen-bond donors (Lipinski definition) is 1. The van der Waals surface area contributed by atoms with E-state index >= 15 is 4.39 Å². The number of piperidine rings is 1. The zero-order chi connectivity index (χ0) is 28.2. The molecule has 2 aromatic carbocycles. The second kappa shape index (κ2) is 12.5. The minimum Gasteiger partial charge on any atom is -0.497 e. The molecule has 39 heavy (non-hydrogen) atoms. The molecule has 1 saturated heterocycles. The van der Waals surface area contributed by atoms with Gasteiger partial charge in [0, 0.05) is 34.8 Å². The van der Waals surface area contributed by atoms with E-state index in [1.165, 1.54) is 13.3 Å². The van der Waals surface area contributed by atoms with Gasteiger partial charge >= 0.3 is 5.97 Å². The molecule has 0 unspecified atom stereocenters. The number of halogens is 5. The Morgan fingerprint density at radius 3 is 2.51 bits per heavy atom. The fraction of sp³-hybridized carbons (Fsp3) is 0.448. The number of aromatic nitrogens is 1. The SMILES string of the molecule is COc1ccc2ncc(Cl)c([C@@H](F)CCC3(CC(=O)O)CCN(CCCc4c(F)cc(F)cc4F)CC3)c2c1. The highest BCUT2D eigenvalue weighted by Crippen LogP contribution is 2.44. The maximum atomic E-state index is 15.7. The number of pyridine rings is 1. The summed E-state index contributed by atoms with van der Waals surface area (Å²) in [6, 6.07) is 6.53. The van der Waals surface area contributed by atoms with Gasteiger partial charge in [-0.05, 0) is 81.8 Å². The predicted octanol–water partition coefficient (Wildman–Crippen LogP) is 7.29. The van der Waals surface area contributed by atoms with Crippen molar-refractivity contribution in [2.75, 3.05) is 26.7 Å². The number of ether oxygens (including phenoxy) is 1. The van der Waals surface area contributed by atoms with E-state index in [0.29, 0.717) is 79.7 Å². The highest BCUT2D eigenvalue weighted by molar-refractivity contribution is 6.32. The van der Waals surface area contributed by atoms with Crippen molar-refractivity contribution in [2.45, 2.75) is 51.1 Å². The van der Waals surface area contributed by atoms with Gasteiger partial charge in [-0.15, -0.1) is 0 Å². The summed E-state index contributed by atoms with van der Waals surface area (Å²) < 4.78 is 62.0. The number of methoxy groups -OCH3 is 1. The summed E-state index contributed by atoms with van der Waals surface area (Å²) in [4.78, 5) is 18.1. The van der Waals surface area contributed by atoms with Crippen LogP contribution >= 0.6 is 11.6 Å². The molecule has 0 spiro atoms. The smallest absolute Gasteiger partial charge is 0.303 e. The summed E-state index contributed by atoms with van der Waals surface area (Å²) in [5.74, 6) is -3.12. The normalized spacial score (nSPS) is 16.4. The molecule has 1 fully saturated rings. The lowest BCUT2D eigenvalue weighted by Gasteiger charge is -2.41. The van der Waals surface area contributed by atoms with Crippen LogP contribution in [0.2, 0.25) is 5.02 Å². The van der Waals surface area contributed by atoms with Gasteiger partial charge < -0.3 is 14.7 Å². The number of carboxylic acid groups (broad SMARTS) is 1. The molecule has 3 aromatic rings.